The van der Waals surface area contributed by atoms with E-state index in [1.54, 1.807) is 24.3 Å². The Bertz CT molecular complexity index is 607. The van der Waals surface area contributed by atoms with E-state index in [1.807, 2.05) is 45.0 Å². The SMILES string of the molecule is CC(C)(C)OC(=O)c1cccc(-c2ccc(O)cc2)c1. The summed E-state index contributed by atoms with van der Waals surface area (Å²) < 4.78 is 5.35. The molecule has 0 aliphatic heterocycles. The van der Waals surface area contributed by atoms with Crippen LogP contribution in [0.25, 0.3) is 11.1 Å². The van der Waals surface area contributed by atoms with Crippen molar-refractivity contribution in [2.45, 2.75) is 26.4 Å². The molecule has 0 unspecified atom stereocenters. The van der Waals surface area contributed by atoms with E-state index in [0.717, 1.165) is 11.1 Å². The van der Waals surface area contributed by atoms with Crippen molar-refractivity contribution in [2.75, 3.05) is 0 Å². The van der Waals surface area contributed by atoms with Gasteiger partial charge in [0.15, 0.2) is 0 Å². The Morgan fingerprint density at radius 3 is 2.25 bits per heavy atom. The van der Waals surface area contributed by atoms with Crippen LogP contribution in [0.4, 0.5) is 0 Å². The Balaban J connectivity index is 2.28. The van der Waals surface area contributed by atoms with Gasteiger partial charge in [0.1, 0.15) is 11.4 Å². The first-order chi connectivity index (χ1) is 9.35. The maximum atomic E-state index is 12.0. The van der Waals surface area contributed by atoms with Gasteiger partial charge < -0.3 is 9.84 Å². The number of rotatable bonds is 2. The monoisotopic (exact) mass is 270 g/mol. The summed E-state index contributed by atoms with van der Waals surface area (Å²) in [6, 6.07) is 14.1. The van der Waals surface area contributed by atoms with Crippen LogP contribution in [0, 0.1) is 0 Å². The number of ether oxygens (including phenoxy) is 1. The van der Waals surface area contributed by atoms with Crippen LogP contribution in [0.2, 0.25) is 0 Å². The zero-order valence-electron chi connectivity index (χ0n) is 11.9. The highest BCUT2D eigenvalue weighted by atomic mass is 16.6. The minimum Gasteiger partial charge on any atom is -0.508 e. The van der Waals surface area contributed by atoms with Gasteiger partial charge in [0, 0.05) is 0 Å². The first-order valence-electron chi connectivity index (χ1n) is 6.48. The smallest absolute Gasteiger partial charge is 0.338 e. The van der Waals surface area contributed by atoms with Gasteiger partial charge in [-0.1, -0.05) is 24.3 Å². The molecule has 2 aromatic carbocycles. The molecule has 0 bridgehead atoms. The highest BCUT2D eigenvalue weighted by Gasteiger charge is 2.18. The van der Waals surface area contributed by atoms with Crippen LogP contribution in [0.3, 0.4) is 0 Å². The van der Waals surface area contributed by atoms with Crippen LogP contribution in [0.1, 0.15) is 31.1 Å². The molecule has 0 spiro atoms. The summed E-state index contributed by atoms with van der Waals surface area (Å²) in [6.07, 6.45) is 0. The normalized spacial score (nSPS) is 11.2. The van der Waals surface area contributed by atoms with E-state index < -0.39 is 5.60 Å². The molecule has 2 aromatic rings. The fourth-order valence-corrected chi connectivity index (χ4v) is 1.82. The third-order valence-electron chi connectivity index (χ3n) is 2.70. The van der Waals surface area contributed by atoms with Crippen LogP contribution < -0.4 is 0 Å². The Morgan fingerprint density at radius 2 is 1.65 bits per heavy atom. The fraction of sp³-hybridized carbons (Fsp3) is 0.235. The molecular weight excluding hydrogens is 252 g/mol. The van der Waals surface area contributed by atoms with Crippen molar-refractivity contribution in [2.24, 2.45) is 0 Å². The van der Waals surface area contributed by atoms with Gasteiger partial charge in [-0.15, -0.1) is 0 Å². The van der Waals surface area contributed by atoms with Crippen molar-refractivity contribution < 1.29 is 14.6 Å². The topological polar surface area (TPSA) is 46.5 Å². The lowest BCUT2D eigenvalue weighted by Crippen LogP contribution is -2.23. The molecule has 0 heterocycles. The number of benzene rings is 2. The van der Waals surface area contributed by atoms with Crippen LogP contribution in [-0.4, -0.2) is 16.7 Å². The van der Waals surface area contributed by atoms with Crippen LogP contribution in [-0.2, 0) is 4.74 Å². The van der Waals surface area contributed by atoms with E-state index in [4.69, 9.17) is 4.74 Å². The van der Waals surface area contributed by atoms with E-state index in [9.17, 15) is 9.90 Å². The molecule has 20 heavy (non-hydrogen) atoms. The highest BCUT2D eigenvalue weighted by Crippen LogP contribution is 2.23. The highest BCUT2D eigenvalue weighted by molar-refractivity contribution is 5.91. The Hall–Kier alpha value is -2.29. The van der Waals surface area contributed by atoms with Crippen LogP contribution >= 0.6 is 0 Å². The number of hydrogen-bond donors (Lipinski definition) is 1. The Labute approximate surface area is 118 Å². The summed E-state index contributed by atoms with van der Waals surface area (Å²) in [5, 5.41) is 9.30. The summed E-state index contributed by atoms with van der Waals surface area (Å²) in [5.41, 5.74) is 1.86. The van der Waals surface area contributed by atoms with E-state index >= 15 is 0 Å². The predicted octanol–water partition coefficient (Wildman–Crippen LogP) is 4.01. The molecule has 0 aromatic heterocycles. The zero-order valence-corrected chi connectivity index (χ0v) is 11.9. The molecule has 0 saturated heterocycles. The van der Waals surface area contributed by atoms with E-state index in [2.05, 4.69) is 0 Å². The van der Waals surface area contributed by atoms with Crippen molar-refractivity contribution in [1.29, 1.82) is 0 Å². The molecular formula is C17H18O3. The number of esters is 1. The van der Waals surface area contributed by atoms with E-state index in [-0.39, 0.29) is 11.7 Å². The van der Waals surface area contributed by atoms with Gasteiger partial charge in [0.25, 0.3) is 0 Å². The van der Waals surface area contributed by atoms with Crippen LogP contribution in [0.15, 0.2) is 48.5 Å². The average molecular weight is 270 g/mol. The van der Waals surface area contributed by atoms with Crippen molar-refractivity contribution in [3.05, 3.63) is 54.1 Å². The molecule has 0 radical (unpaired) electrons. The molecule has 3 nitrogen and oxygen atoms in total. The molecule has 104 valence electrons. The largest absolute Gasteiger partial charge is 0.508 e. The minimum absolute atomic E-state index is 0.219. The third-order valence-corrected chi connectivity index (χ3v) is 2.70. The first kappa shape index (κ1) is 14.1. The molecule has 0 fully saturated rings. The molecule has 1 N–H and O–H groups in total. The number of hydrogen-bond acceptors (Lipinski definition) is 3. The van der Waals surface area contributed by atoms with Gasteiger partial charge in [-0.2, -0.15) is 0 Å². The molecule has 0 aliphatic rings. The van der Waals surface area contributed by atoms with Crippen molar-refractivity contribution in [3.8, 4) is 16.9 Å². The number of phenolic OH excluding ortho intramolecular Hbond substituents is 1. The standard InChI is InChI=1S/C17H18O3/c1-17(2,3)20-16(19)14-6-4-5-13(11-14)12-7-9-15(18)10-8-12/h4-11,18H,1-3H3. The van der Waals surface area contributed by atoms with Gasteiger partial charge in [-0.05, 0) is 56.2 Å². The Kier molecular flexibility index (Phi) is 3.79. The minimum atomic E-state index is -0.508. The van der Waals surface area contributed by atoms with Crippen molar-refractivity contribution in [1.82, 2.24) is 0 Å². The van der Waals surface area contributed by atoms with Crippen molar-refractivity contribution >= 4 is 5.97 Å². The summed E-state index contributed by atoms with van der Waals surface area (Å²) in [7, 11) is 0. The van der Waals surface area contributed by atoms with Gasteiger partial charge >= 0.3 is 5.97 Å². The van der Waals surface area contributed by atoms with Gasteiger partial charge in [0.2, 0.25) is 0 Å². The number of carbonyl (C=O) groups excluding carboxylic acids is 1. The molecule has 2 rings (SSSR count). The third kappa shape index (κ3) is 3.60. The number of carbonyl (C=O) groups is 1. The Morgan fingerprint density at radius 1 is 1.00 bits per heavy atom. The average Bonchev–Trinajstić information content (AvgIpc) is 2.38. The van der Waals surface area contributed by atoms with Gasteiger partial charge in [-0.25, -0.2) is 4.79 Å². The van der Waals surface area contributed by atoms with E-state index in [0.29, 0.717) is 5.56 Å². The number of phenols is 1. The molecule has 0 aliphatic carbocycles. The molecule has 0 amide bonds. The molecule has 3 heteroatoms. The lowest BCUT2D eigenvalue weighted by molar-refractivity contribution is 0.00696. The second-order valence-corrected chi connectivity index (χ2v) is 5.63. The quantitative estimate of drug-likeness (QED) is 0.838. The van der Waals surface area contributed by atoms with Gasteiger partial charge in [-0.3, -0.25) is 0 Å². The second-order valence-electron chi connectivity index (χ2n) is 5.63. The molecule has 0 saturated carbocycles. The summed E-state index contributed by atoms with van der Waals surface area (Å²) in [5.74, 6) is -0.116. The van der Waals surface area contributed by atoms with Gasteiger partial charge in [0.05, 0.1) is 5.56 Å². The summed E-state index contributed by atoms with van der Waals surface area (Å²) in [4.78, 5) is 12.0. The van der Waals surface area contributed by atoms with Crippen LogP contribution in [0.5, 0.6) is 5.75 Å². The van der Waals surface area contributed by atoms with Crippen molar-refractivity contribution in [3.63, 3.8) is 0 Å². The summed E-state index contributed by atoms with van der Waals surface area (Å²) in [6.45, 7) is 5.53. The fourth-order valence-electron chi connectivity index (χ4n) is 1.82. The maximum absolute atomic E-state index is 12.0. The summed E-state index contributed by atoms with van der Waals surface area (Å²) >= 11 is 0. The lowest BCUT2D eigenvalue weighted by Gasteiger charge is -2.19. The number of aromatic hydroxyl groups is 1. The van der Waals surface area contributed by atoms with E-state index in [1.165, 1.54) is 0 Å². The zero-order chi connectivity index (χ0) is 14.8. The predicted molar refractivity (Wildman–Crippen MR) is 78.7 cm³/mol. The maximum Gasteiger partial charge on any atom is 0.338 e. The second kappa shape index (κ2) is 5.37. The first-order valence-corrected chi connectivity index (χ1v) is 6.48. The molecule has 0 atom stereocenters. The lowest BCUT2D eigenvalue weighted by atomic mass is 10.0.